The number of methoxy groups -OCH3 is 1. The number of ether oxygens (including phenoxy) is 1. The average molecular weight is 396 g/mol. The third-order valence-electron chi connectivity index (χ3n) is 6.61. The fourth-order valence-corrected chi connectivity index (χ4v) is 4.74. The maximum absolute atomic E-state index is 13.4. The number of carbonyl (C=O) groups excluding carboxylic acids is 2. The molecule has 2 fully saturated rings. The Labute approximate surface area is 172 Å². The second kappa shape index (κ2) is 7.76. The molecule has 6 heteroatoms. The van der Waals surface area contributed by atoms with Gasteiger partial charge in [0.1, 0.15) is 5.54 Å². The highest BCUT2D eigenvalue weighted by molar-refractivity contribution is 6.07. The van der Waals surface area contributed by atoms with E-state index in [-0.39, 0.29) is 11.9 Å². The predicted molar refractivity (Wildman–Crippen MR) is 113 cm³/mol. The lowest BCUT2D eigenvalue weighted by atomic mass is 9.85. The van der Waals surface area contributed by atoms with Gasteiger partial charge in [0.15, 0.2) is 0 Å². The summed E-state index contributed by atoms with van der Waals surface area (Å²) in [5.41, 5.74) is 0.263. The Hall–Kier alpha value is -2.44. The van der Waals surface area contributed by atoms with Gasteiger partial charge in [0.25, 0.3) is 5.91 Å². The SMILES string of the molecule is COC[C@@H](C)N1CCC2(CC1)C(=O)N(Cc1ccc3ccccc3c1)C(=O)N2C. The first kappa shape index (κ1) is 19.9. The first-order valence-electron chi connectivity index (χ1n) is 10.3. The van der Waals surface area contributed by atoms with Gasteiger partial charge in [-0.1, -0.05) is 36.4 Å². The zero-order chi connectivity index (χ0) is 20.6. The first-order chi connectivity index (χ1) is 14.0. The normalized spacial score (nSPS) is 20.8. The highest BCUT2D eigenvalue weighted by atomic mass is 16.5. The van der Waals surface area contributed by atoms with E-state index in [0.717, 1.165) is 29.4 Å². The quantitative estimate of drug-likeness (QED) is 0.730. The summed E-state index contributed by atoms with van der Waals surface area (Å²) < 4.78 is 5.27. The van der Waals surface area contributed by atoms with Crippen LogP contribution in [0.1, 0.15) is 25.3 Å². The lowest BCUT2D eigenvalue weighted by molar-refractivity contribution is -0.136. The van der Waals surface area contributed by atoms with E-state index in [4.69, 9.17) is 4.74 Å². The van der Waals surface area contributed by atoms with Gasteiger partial charge >= 0.3 is 6.03 Å². The van der Waals surface area contributed by atoms with Crippen molar-refractivity contribution in [3.63, 3.8) is 0 Å². The molecule has 0 aliphatic carbocycles. The maximum Gasteiger partial charge on any atom is 0.327 e. The van der Waals surface area contributed by atoms with E-state index in [1.807, 2.05) is 24.3 Å². The standard InChI is InChI=1S/C23H29N3O3/c1-17(16-29-3)25-12-10-23(11-13-25)21(27)26(22(28)24(23)2)15-18-8-9-19-6-4-5-7-20(19)14-18/h4-9,14,17H,10-13,15-16H2,1-3H3/t17-/m1/s1. The number of likely N-dealkylation sites (N-methyl/N-ethyl adjacent to an activating group) is 1. The second-order valence-electron chi connectivity index (χ2n) is 8.29. The van der Waals surface area contributed by atoms with Gasteiger partial charge in [-0.15, -0.1) is 0 Å². The molecule has 29 heavy (non-hydrogen) atoms. The zero-order valence-corrected chi connectivity index (χ0v) is 17.4. The van der Waals surface area contributed by atoms with Crippen molar-refractivity contribution in [3.8, 4) is 0 Å². The predicted octanol–water partition coefficient (Wildman–Crippen LogP) is 3.10. The molecule has 0 saturated carbocycles. The lowest BCUT2D eigenvalue weighted by Gasteiger charge is -2.42. The highest BCUT2D eigenvalue weighted by Crippen LogP contribution is 2.37. The van der Waals surface area contributed by atoms with Crippen molar-refractivity contribution in [1.82, 2.24) is 14.7 Å². The van der Waals surface area contributed by atoms with Gasteiger partial charge in [-0.25, -0.2) is 4.79 Å². The molecule has 0 N–H and O–H groups in total. The topological polar surface area (TPSA) is 53.1 Å². The average Bonchev–Trinajstić information content (AvgIpc) is 2.90. The Balaban J connectivity index is 1.51. The molecule has 0 radical (unpaired) electrons. The molecule has 4 rings (SSSR count). The lowest BCUT2D eigenvalue weighted by Crippen LogP contribution is -2.57. The number of hydrogen-bond donors (Lipinski definition) is 0. The number of carbonyl (C=O) groups is 2. The fourth-order valence-electron chi connectivity index (χ4n) is 4.74. The molecule has 3 amide bonds. The van der Waals surface area contributed by atoms with Gasteiger partial charge in [-0.05, 0) is 42.2 Å². The van der Waals surface area contributed by atoms with Crippen molar-refractivity contribution >= 4 is 22.7 Å². The second-order valence-corrected chi connectivity index (χ2v) is 8.29. The number of benzene rings is 2. The number of imide groups is 1. The van der Waals surface area contributed by atoms with E-state index >= 15 is 0 Å². The van der Waals surface area contributed by atoms with Crippen molar-refractivity contribution in [2.24, 2.45) is 0 Å². The largest absolute Gasteiger partial charge is 0.383 e. The molecule has 2 aromatic rings. The van der Waals surface area contributed by atoms with E-state index < -0.39 is 5.54 Å². The summed E-state index contributed by atoms with van der Waals surface area (Å²) in [6.07, 6.45) is 1.33. The van der Waals surface area contributed by atoms with Crippen LogP contribution in [0.2, 0.25) is 0 Å². The van der Waals surface area contributed by atoms with Crippen LogP contribution in [0.5, 0.6) is 0 Å². The van der Waals surface area contributed by atoms with Gasteiger partial charge in [-0.2, -0.15) is 0 Å². The number of piperidine rings is 1. The van der Waals surface area contributed by atoms with E-state index in [1.165, 1.54) is 4.90 Å². The monoisotopic (exact) mass is 395 g/mol. The smallest absolute Gasteiger partial charge is 0.327 e. The van der Waals surface area contributed by atoms with Gasteiger partial charge < -0.3 is 9.64 Å². The molecule has 2 heterocycles. The Morgan fingerprint density at radius 2 is 1.76 bits per heavy atom. The third-order valence-corrected chi connectivity index (χ3v) is 6.61. The summed E-state index contributed by atoms with van der Waals surface area (Å²) >= 11 is 0. The summed E-state index contributed by atoms with van der Waals surface area (Å²) in [5.74, 6) is -0.0581. The van der Waals surface area contributed by atoms with Gasteiger partial charge in [0.05, 0.1) is 13.2 Å². The minimum absolute atomic E-state index is 0.0581. The van der Waals surface area contributed by atoms with Crippen LogP contribution in [0.3, 0.4) is 0 Å². The molecule has 0 unspecified atom stereocenters. The molecule has 2 aliphatic rings. The summed E-state index contributed by atoms with van der Waals surface area (Å²) in [5, 5.41) is 2.27. The van der Waals surface area contributed by atoms with Crippen LogP contribution in [-0.2, 0) is 16.1 Å². The van der Waals surface area contributed by atoms with Gasteiger partial charge in [0, 0.05) is 33.3 Å². The van der Waals surface area contributed by atoms with Crippen molar-refractivity contribution in [2.45, 2.75) is 37.9 Å². The van der Waals surface area contributed by atoms with Crippen LogP contribution in [0.25, 0.3) is 10.8 Å². The number of rotatable bonds is 5. The van der Waals surface area contributed by atoms with Gasteiger partial charge in [0.2, 0.25) is 0 Å². The van der Waals surface area contributed by atoms with E-state index in [0.29, 0.717) is 32.0 Å². The fraction of sp³-hybridized carbons (Fsp3) is 0.478. The summed E-state index contributed by atoms with van der Waals surface area (Å²) in [6, 6.07) is 14.4. The minimum Gasteiger partial charge on any atom is -0.383 e. The van der Waals surface area contributed by atoms with Crippen molar-refractivity contribution in [3.05, 3.63) is 48.0 Å². The number of hydrogen-bond acceptors (Lipinski definition) is 4. The van der Waals surface area contributed by atoms with Crippen LogP contribution in [0.15, 0.2) is 42.5 Å². The molecule has 1 atom stereocenters. The Kier molecular flexibility index (Phi) is 5.32. The van der Waals surface area contributed by atoms with E-state index in [2.05, 4.69) is 30.0 Å². The first-order valence-corrected chi connectivity index (χ1v) is 10.3. The number of nitrogens with zero attached hydrogens (tertiary/aromatic N) is 3. The Bertz CT molecular complexity index is 920. The molecule has 1 spiro atoms. The van der Waals surface area contributed by atoms with Crippen LogP contribution >= 0.6 is 0 Å². The molecule has 6 nitrogen and oxygen atoms in total. The van der Waals surface area contributed by atoms with E-state index in [1.54, 1.807) is 19.1 Å². The molecular weight excluding hydrogens is 366 g/mol. The molecule has 2 aromatic carbocycles. The van der Waals surface area contributed by atoms with Crippen LogP contribution in [0.4, 0.5) is 4.79 Å². The number of fused-ring (bicyclic) bond motifs is 1. The number of urea groups is 1. The molecule has 2 aliphatic heterocycles. The minimum atomic E-state index is -0.711. The number of amides is 3. The molecular formula is C23H29N3O3. The molecule has 2 saturated heterocycles. The van der Waals surface area contributed by atoms with Gasteiger partial charge in [-0.3, -0.25) is 14.6 Å². The third kappa shape index (κ3) is 3.40. The summed E-state index contributed by atoms with van der Waals surface area (Å²) in [7, 11) is 3.48. The highest BCUT2D eigenvalue weighted by Gasteiger charge is 2.56. The summed E-state index contributed by atoms with van der Waals surface area (Å²) in [4.78, 5) is 31.8. The Morgan fingerprint density at radius 1 is 1.07 bits per heavy atom. The van der Waals surface area contributed by atoms with Crippen molar-refractivity contribution in [2.75, 3.05) is 33.9 Å². The maximum atomic E-state index is 13.4. The summed E-state index contributed by atoms with van der Waals surface area (Å²) in [6.45, 7) is 4.70. The number of likely N-dealkylation sites (tertiary alicyclic amines) is 1. The molecule has 0 aromatic heterocycles. The van der Waals surface area contributed by atoms with Crippen molar-refractivity contribution < 1.29 is 14.3 Å². The van der Waals surface area contributed by atoms with E-state index in [9.17, 15) is 9.59 Å². The Morgan fingerprint density at radius 3 is 2.45 bits per heavy atom. The molecule has 0 bridgehead atoms. The van der Waals surface area contributed by atoms with Crippen LogP contribution < -0.4 is 0 Å². The zero-order valence-electron chi connectivity index (χ0n) is 17.4. The van der Waals surface area contributed by atoms with Crippen LogP contribution in [0, 0.1) is 0 Å². The van der Waals surface area contributed by atoms with Crippen molar-refractivity contribution in [1.29, 1.82) is 0 Å². The van der Waals surface area contributed by atoms with Crippen LogP contribution in [-0.4, -0.2) is 72.1 Å². The molecule has 154 valence electrons.